The van der Waals surface area contributed by atoms with Crippen LogP contribution in [-0.2, 0) is 20.7 Å². The van der Waals surface area contributed by atoms with Gasteiger partial charge in [0.25, 0.3) is 0 Å². The molecule has 0 fully saturated rings. The van der Waals surface area contributed by atoms with Gasteiger partial charge in [-0.2, -0.15) is 14.5 Å². The number of aryl methyl sites for hydroxylation is 3. The van der Waals surface area contributed by atoms with Gasteiger partial charge in [-0.15, -0.1) is 0 Å². The second kappa shape index (κ2) is 8.51. The average Bonchev–Trinajstić information content (AvgIpc) is 3.25. The Morgan fingerprint density at radius 3 is 2.47 bits per heavy atom. The molecule has 0 N–H and O–H groups in total. The molecule has 0 bridgehead atoms. The third-order valence-corrected chi connectivity index (χ3v) is 5.62. The Balaban J connectivity index is 1.62. The predicted molar refractivity (Wildman–Crippen MR) is 121 cm³/mol. The Kier molecular flexibility index (Phi) is 5.75. The molecule has 2 heterocycles. The van der Waals surface area contributed by atoms with E-state index in [0.29, 0.717) is 22.3 Å². The van der Waals surface area contributed by atoms with Crippen molar-refractivity contribution in [2.45, 2.75) is 20.5 Å². The molecular weight excluding hydrogens is 432 g/mol. The molecule has 10 heteroatoms. The number of hydrogen-bond acceptors (Lipinski definition) is 6. The fourth-order valence-electron chi connectivity index (χ4n) is 3.63. The van der Waals surface area contributed by atoms with Gasteiger partial charge in [-0.05, 0) is 54.1 Å². The highest BCUT2D eigenvalue weighted by atomic mass is 35.5. The largest absolute Gasteiger partial charge is 0.487 e. The van der Waals surface area contributed by atoms with E-state index >= 15 is 0 Å². The van der Waals surface area contributed by atoms with Crippen LogP contribution in [0.3, 0.4) is 0 Å². The third-order valence-electron chi connectivity index (χ3n) is 5.33. The maximum atomic E-state index is 12.3. The second-order valence-corrected chi connectivity index (χ2v) is 7.82. The molecule has 0 spiro atoms. The number of hydrogen-bond donors (Lipinski definition) is 0. The summed E-state index contributed by atoms with van der Waals surface area (Å²) in [5, 5.41) is 12.7. The van der Waals surface area contributed by atoms with Crippen LogP contribution in [0.25, 0.3) is 16.9 Å². The highest BCUT2D eigenvalue weighted by Gasteiger charge is 2.17. The fraction of sp³-hybridized carbons (Fsp3) is 0.273. The van der Waals surface area contributed by atoms with Crippen LogP contribution in [0.4, 0.5) is 0 Å². The first-order chi connectivity index (χ1) is 15.3. The lowest BCUT2D eigenvalue weighted by Crippen LogP contribution is -2.23. The van der Waals surface area contributed by atoms with Gasteiger partial charge in [-0.3, -0.25) is 0 Å². The molecule has 0 atom stereocenters. The maximum absolute atomic E-state index is 12.3. The molecule has 166 valence electrons. The molecular formula is C22H23ClN6O3. The molecule has 0 aliphatic carbocycles. The predicted octanol–water partition coefficient (Wildman–Crippen LogP) is 3.22. The van der Waals surface area contributed by atoms with Crippen molar-refractivity contribution in [3.63, 3.8) is 0 Å². The van der Waals surface area contributed by atoms with Crippen molar-refractivity contribution in [1.82, 2.24) is 29.6 Å². The number of benzene rings is 2. The van der Waals surface area contributed by atoms with E-state index in [1.54, 1.807) is 18.8 Å². The first-order valence-electron chi connectivity index (χ1n) is 9.90. The topological polar surface area (TPSA) is 89.0 Å². The van der Waals surface area contributed by atoms with Gasteiger partial charge in [-0.1, -0.05) is 23.7 Å². The molecule has 0 saturated carbocycles. The van der Waals surface area contributed by atoms with E-state index in [1.165, 1.54) is 9.36 Å². The Labute approximate surface area is 189 Å². The Hall–Kier alpha value is -3.59. The van der Waals surface area contributed by atoms with Crippen molar-refractivity contribution in [3.05, 3.63) is 68.6 Å². The van der Waals surface area contributed by atoms with Gasteiger partial charge in [0.2, 0.25) is 5.88 Å². The van der Waals surface area contributed by atoms with Gasteiger partial charge < -0.3 is 9.47 Å². The number of aromatic nitrogens is 6. The number of tetrazole rings is 1. The first kappa shape index (κ1) is 21.6. The minimum absolute atomic E-state index is 0.209. The molecule has 0 aliphatic rings. The summed E-state index contributed by atoms with van der Waals surface area (Å²) < 4.78 is 15.6. The van der Waals surface area contributed by atoms with E-state index in [-0.39, 0.29) is 12.3 Å². The Morgan fingerprint density at radius 2 is 1.84 bits per heavy atom. The van der Waals surface area contributed by atoms with Crippen LogP contribution < -0.4 is 15.2 Å². The normalized spacial score (nSPS) is 11.1. The molecule has 4 rings (SSSR count). The molecule has 0 aliphatic heterocycles. The van der Waals surface area contributed by atoms with E-state index in [0.717, 1.165) is 27.9 Å². The maximum Gasteiger partial charge on any atom is 0.368 e. The standard InChI is InChI=1S/C22H23ClN6O3/c1-13-7-6-8-18(29-22(30)28(4)25-26-29)16(13)12-32-19-10-9-15(11-17(19)23)20-14(2)21(31-5)27(3)24-20/h6-11H,12H2,1-5H3. The molecule has 0 radical (unpaired) electrons. The number of methoxy groups -OCH3 is 1. The quantitative estimate of drug-likeness (QED) is 0.444. The summed E-state index contributed by atoms with van der Waals surface area (Å²) in [6.45, 7) is 4.11. The highest BCUT2D eigenvalue weighted by molar-refractivity contribution is 6.32. The lowest BCUT2D eigenvalue weighted by molar-refractivity contribution is 0.305. The van der Waals surface area contributed by atoms with Gasteiger partial charge in [0, 0.05) is 30.8 Å². The van der Waals surface area contributed by atoms with E-state index in [1.807, 2.05) is 57.3 Å². The first-order valence-corrected chi connectivity index (χ1v) is 10.3. The van der Waals surface area contributed by atoms with Gasteiger partial charge in [0.1, 0.15) is 12.4 Å². The molecule has 4 aromatic rings. The van der Waals surface area contributed by atoms with Crippen LogP contribution in [0.1, 0.15) is 16.7 Å². The molecule has 0 amide bonds. The van der Waals surface area contributed by atoms with Crippen molar-refractivity contribution in [1.29, 1.82) is 0 Å². The summed E-state index contributed by atoms with van der Waals surface area (Å²) >= 11 is 6.53. The van der Waals surface area contributed by atoms with Crippen LogP contribution in [0, 0.1) is 13.8 Å². The van der Waals surface area contributed by atoms with Crippen LogP contribution >= 0.6 is 11.6 Å². The van der Waals surface area contributed by atoms with Crippen molar-refractivity contribution in [2.24, 2.45) is 14.1 Å². The van der Waals surface area contributed by atoms with Gasteiger partial charge in [0.05, 0.1) is 23.5 Å². The number of halogens is 1. The lowest BCUT2D eigenvalue weighted by Gasteiger charge is -2.14. The van der Waals surface area contributed by atoms with Crippen LogP contribution in [0.2, 0.25) is 5.02 Å². The molecule has 0 saturated heterocycles. The van der Waals surface area contributed by atoms with E-state index in [2.05, 4.69) is 15.5 Å². The Bertz CT molecular complexity index is 1350. The zero-order valence-corrected chi connectivity index (χ0v) is 19.2. The van der Waals surface area contributed by atoms with E-state index in [4.69, 9.17) is 21.1 Å². The van der Waals surface area contributed by atoms with Crippen LogP contribution in [-0.4, -0.2) is 36.7 Å². The monoisotopic (exact) mass is 454 g/mol. The van der Waals surface area contributed by atoms with Gasteiger partial charge in [0.15, 0.2) is 0 Å². The zero-order valence-electron chi connectivity index (χ0n) is 18.5. The van der Waals surface area contributed by atoms with Crippen molar-refractivity contribution < 1.29 is 9.47 Å². The summed E-state index contributed by atoms with van der Waals surface area (Å²) in [6, 6.07) is 11.2. The molecule has 32 heavy (non-hydrogen) atoms. The lowest BCUT2D eigenvalue weighted by atomic mass is 10.1. The number of ether oxygens (including phenoxy) is 2. The highest BCUT2D eigenvalue weighted by Crippen LogP contribution is 2.34. The van der Waals surface area contributed by atoms with Gasteiger partial charge >= 0.3 is 5.69 Å². The van der Waals surface area contributed by atoms with Crippen molar-refractivity contribution >= 4 is 11.6 Å². The second-order valence-electron chi connectivity index (χ2n) is 7.41. The fourth-order valence-corrected chi connectivity index (χ4v) is 3.86. The molecule has 0 unspecified atom stereocenters. The average molecular weight is 455 g/mol. The smallest absolute Gasteiger partial charge is 0.368 e. The minimum atomic E-state index is -0.333. The number of rotatable bonds is 6. The number of nitrogens with zero attached hydrogens (tertiary/aromatic N) is 6. The van der Waals surface area contributed by atoms with Crippen LogP contribution in [0.5, 0.6) is 11.6 Å². The summed E-state index contributed by atoms with van der Waals surface area (Å²) in [4.78, 5) is 12.3. The zero-order chi connectivity index (χ0) is 23.0. The van der Waals surface area contributed by atoms with Crippen molar-refractivity contribution in [3.8, 4) is 28.6 Å². The Morgan fingerprint density at radius 1 is 1.06 bits per heavy atom. The third kappa shape index (κ3) is 3.75. The molecule has 2 aromatic carbocycles. The van der Waals surface area contributed by atoms with E-state index < -0.39 is 0 Å². The van der Waals surface area contributed by atoms with Crippen molar-refractivity contribution in [2.75, 3.05) is 7.11 Å². The summed E-state index contributed by atoms with van der Waals surface area (Å²) in [5.41, 5.74) is 4.65. The summed E-state index contributed by atoms with van der Waals surface area (Å²) in [7, 11) is 5.00. The van der Waals surface area contributed by atoms with E-state index in [9.17, 15) is 4.79 Å². The summed E-state index contributed by atoms with van der Waals surface area (Å²) in [5.74, 6) is 1.22. The minimum Gasteiger partial charge on any atom is -0.487 e. The van der Waals surface area contributed by atoms with Gasteiger partial charge in [-0.25, -0.2) is 9.48 Å². The SMILES string of the molecule is COc1c(C)c(-c2ccc(OCc3c(C)cccc3-n3nnn(C)c3=O)c(Cl)c2)nn1C. The summed E-state index contributed by atoms with van der Waals surface area (Å²) in [6.07, 6.45) is 0. The van der Waals surface area contributed by atoms with Crippen LogP contribution in [0.15, 0.2) is 41.2 Å². The molecule has 2 aromatic heterocycles. The molecule has 9 nitrogen and oxygen atoms in total.